The van der Waals surface area contributed by atoms with Gasteiger partial charge in [0.15, 0.2) is 0 Å². The molecule has 2 nitrogen and oxygen atoms in total. The Hall–Kier alpha value is -1.38. The Labute approximate surface area is 114 Å². The molecule has 1 aliphatic rings. The molecule has 0 radical (unpaired) electrons. The summed E-state index contributed by atoms with van der Waals surface area (Å²) < 4.78 is 5.74. The number of aliphatic hydroxyl groups excluding tert-OH is 1. The number of benzene rings is 2. The number of rotatable bonds is 5. The average Bonchev–Trinajstić information content (AvgIpc) is 3.28. The van der Waals surface area contributed by atoms with Gasteiger partial charge >= 0.3 is 0 Å². The van der Waals surface area contributed by atoms with Gasteiger partial charge in [0.05, 0.1) is 6.10 Å². The highest BCUT2D eigenvalue weighted by Crippen LogP contribution is 2.40. The molecular formula is C17H20O2. The number of aliphatic hydroxyl groups is 1. The topological polar surface area (TPSA) is 29.5 Å². The lowest BCUT2D eigenvalue weighted by atomic mass is 9.98. The van der Waals surface area contributed by atoms with E-state index in [9.17, 15) is 5.11 Å². The Bertz CT molecular complexity index is 560. The lowest BCUT2D eigenvalue weighted by Crippen LogP contribution is -2.24. The minimum Gasteiger partial charge on any atom is -0.386 e. The number of hydrogen-bond acceptors (Lipinski definition) is 2. The molecule has 19 heavy (non-hydrogen) atoms. The molecule has 0 aromatic heterocycles. The molecule has 2 heteroatoms. The summed E-state index contributed by atoms with van der Waals surface area (Å²) in [6, 6.07) is 14.4. The summed E-state index contributed by atoms with van der Waals surface area (Å²) in [7, 11) is 0. The number of hydrogen-bond donors (Lipinski definition) is 1. The van der Waals surface area contributed by atoms with Crippen molar-refractivity contribution in [1.29, 1.82) is 0 Å². The largest absolute Gasteiger partial charge is 0.386 e. The summed E-state index contributed by atoms with van der Waals surface area (Å²) in [5.74, 6) is 0.529. The van der Waals surface area contributed by atoms with Gasteiger partial charge in [0, 0.05) is 6.61 Å². The molecule has 0 bridgehead atoms. The Morgan fingerprint density at radius 3 is 2.58 bits per heavy atom. The van der Waals surface area contributed by atoms with E-state index in [4.69, 9.17) is 4.74 Å². The van der Waals surface area contributed by atoms with Crippen LogP contribution >= 0.6 is 0 Å². The molecule has 1 fully saturated rings. The fourth-order valence-electron chi connectivity index (χ4n) is 2.68. The lowest BCUT2D eigenvalue weighted by molar-refractivity contribution is -0.0461. The maximum Gasteiger partial charge on any atom is 0.105 e. The van der Waals surface area contributed by atoms with Crippen molar-refractivity contribution in [2.75, 3.05) is 6.61 Å². The number of ether oxygens (including phenoxy) is 1. The predicted molar refractivity (Wildman–Crippen MR) is 77.0 cm³/mol. The van der Waals surface area contributed by atoms with Crippen molar-refractivity contribution in [1.82, 2.24) is 0 Å². The monoisotopic (exact) mass is 256 g/mol. The maximum absolute atomic E-state index is 10.6. The first-order valence-corrected chi connectivity index (χ1v) is 7.08. The molecule has 1 aliphatic carbocycles. The molecule has 1 N–H and O–H groups in total. The average molecular weight is 256 g/mol. The van der Waals surface area contributed by atoms with Gasteiger partial charge in [-0.2, -0.15) is 0 Å². The Kier molecular flexibility index (Phi) is 3.54. The standard InChI is InChI=1S/C17H20O2/c1-2-19-17(13-8-9-13)16(18)15-10-7-12-5-3-4-6-14(12)11-15/h3-7,10-11,13,16-18H,2,8-9H2,1H3. The van der Waals surface area contributed by atoms with E-state index < -0.39 is 6.10 Å². The van der Waals surface area contributed by atoms with Crippen LogP contribution in [-0.4, -0.2) is 17.8 Å². The van der Waals surface area contributed by atoms with Gasteiger partial charge in [-0.3, -0.25) is 0 Å². The summed E-state index contributed by atoms with van der Waals surface area (Å²) in [6.07, 6.45) is 1.79. The quantitative estimate of drug-likeness (QED) is 0.884. The molecule has 2 atom stereocenters. The zero-order chi connectivity index (χ0) is 13.2. The van der Waals surface area contributed by atoms with Crippen molar-refractivity contribution >= 4 is 10.8 Å². The third kappa shape index (κ3) is 2.65. The predicted octanol–water partition coefficient (Wildman–Crippen LogP) is 3.69. The third-order valence-corrected chi connectivity index (χ3v) is 3.87. The second kappa shape index (κ2) is 5.32. The second-order valence-electron chi connectivity index (χ2n) is 5.31. The van der Waals surface area contributed by atoms with Gasteiger partial charge in [0.1, 0.15) is 6.10 Å². The van der Waals surface area contributed by atoms with Crippen LogP contribution in [0, 0.1) is 5.92 Å². The molecular weight excluding hydrogens is 236 g/mol. The van der Waals surface area contributed by atoms with Crippen molar-refractivity contribution in [3.63, 3.8) is 0 Å². The summed E-state index contributed by atoms with van der Waals surface area (Å²) in [5, 5.41) is 12.9. The van der Waals surface area contributed by atoms with Crippen LogP contribution in [0.1, 0.15) is 31.4 Å². The van der Waals surface area contributed by atoms with Crippen molar-refractivity contribution in [2.24, 2.45) is 5.92 Å². The summed E-state index contributed by atoms with van der Waals surface area (Å²) in [5.41, 5.74) is 0.962. The second-order valence-corrected chi connectivity index (χ2v) is 5.31. The third-order valence-electron chi connectivity index (χ3n) is 3.87. The first-order chi connectivity index (χ1) is 9.29. The van der Waals surface area contributed by atoms with Crippen LogP contribution in [0.5, 0.6) is 0 Å². The molecule has 1 saturated carbocycles. The van der Waals surface area contributed by atoms with E-state index in [1.165, 1.54) is 23.6 Å². The molecule has 0 saturated heterocycles. The van der Waals surface area contributed by atoms with Crippen molar-refractivity contribution in [3.8, 4) is 0 Å². The minimum atomic E-state index is -0.517. The van der Waals surface area contributed by atoms with Crippen LogP contribution < -0.4 is 0 Å². The highest BCUT2D eigenvalue weighted by Gasteiger charge is 2.37. The highest BCUT2D eigenvalue weighted by molar-refractivity contribution is 5.83. The van der Waals surface area contributed by atoms with Crippen LogP contribution in [0.25, 0.3) is 10.8 Å². The van der Waals surface area contributed by atoms with E-state index >= 15 is 0 Å². The summed E-state index contributed by atoms with van der Waals surface area (Å²) in [4.78, 5) is 0. The summed E-state index contributed by atoms with van der Waals surface area (Å²) in [6.45, 7) is 2.65. The van der Waals surface area contributed by atoms with E-state index in [0.29, 0.717) is 12.5 Å². The first-order valence-electron chi connectivity index (χ1n) is 7.08. The molecule has 3 rings (SSSR count). The zero-order valence-electron chi connectivity index (χ0n) is 11.3. The van der Waals surface area contributed by atoms with E-state index in [2.05, 4.69) is 24.3 Å². The van der Waals surface area contributed by atoms with E-state index in [0.717, 1.165) is 5.56 Å². The molecule has 2 aromatic rings. The molecule has 0 amide bonds. The Morgan fingerprint density at radius 1 is 1.16 bits per heavy atom. The van der Waals surface area contributed by atoms with Crippen LogP contribution in [-0.2, 0) is 4.74 Å². The van der Waals surface area contributed by atoms with E-state index in [-0.39, 0.29) is 6.10 Å². The van der Waals surface area contributed by atoms with Crippen LogP contribution in [0.15, 0.2) is 42.5 Å². The van der Waals surface area contributed by atoms with Gasteiger partial charge in [-0.1, -0.05) is 36.4 Å². The molecule has 2 aromatic carbocycles. The van der Waals surface area contributed by atoms with Crippen molar-refractivity contribution in [3.05, 3.63) is 48.0 Å². The van der Waals surface area contributed by atoms with Gasteiger partial charge in [0.2, 0.25) is 0 Å². The van der Waals surface area contributed by atoms with Gasteiger partial charge < -0.3 is 9.84 Å². The van der Waals surface area contributed by atoms with Crippen LogP contribution in [0.2, 0.25) is 0 Å². The van der Waals surface area contributed by atoms with Crippen LogP contribution in [0.4, 0.5) is 0 Å². The SMILES string of the molecule is CCOC(C1CC1)C(O)c1ccc2ccccc2c1. The molecule has 0 heterocycles. The zero-order valence-corrected chi connectivity index (χ0v) is 11.3. The van der Waals surface area contributed by atoms with Gasteiger partial charge in [-0.05, 0) is 48.1 Å². The normalized spacial score (nSPS) is 18.4. The summed E-state index contributed by atoms with van der Waals surface area (Å²) >= 11 is 0. The van der Waals surface area contributed by atoms with Crippen molar-refractivity contribution in [2.45, 2.75) is 32.0 Å². The fraction of sp³-hybridized carbons (Fsp3) is 0.412. The van der Waals surface area contributed by atoms with E-state index in [1.807, 2.05) is 25.1 Å². The Morgan fingerprint density at radius 2 is 1.89 bits per heavy atom. The van der Waals surface area contributed by atoms with Crippen molar-refractivity contribution < 1.29 is 9.84 Å². The van der Waals surface area contributed by atoms with Gasteiger partial charge in [-0.15, -0.1) is 0 Å². The highest BCUT2D eigenvalue weighted by atomic mass is 16.5. The minimum absolute atomic E-state index is 0.0498. The number of fused-ring (bicyclic) bond motifs is 1. The molecule has 0 spiro atoms. The molecule has 100 valence electrons. The smallest absolute Gasteiger partial charge is 0.105 e. The lowest BCUT2D eigenvalue weighted by Gasteiger charge is -2.23. The molecule has 0 aliphatic heterocycles. The Balaban J connectivity index is 1.89. The van der Waals surface area contributed by atoms with Gasteiger partial charge in [0.25, 0.3) is 0 Å². The van der Waals surface area contributed by atoms with Crippen LogP contribution in [0.3, 0.4) is 0 Å². The van der Waals surface area contributed by atoms with Gasteiger partial charge in [-0.25, -0.2) is 0 Å². The van der Waals surface area contributed by atoms with E-state index in [1.54, 1.807) is 0 Å². The fourth-order valence-corrected chi connectivity index (χ4v) is 2.68. The molecule has 2 unspecified atom stereocenters. The maximum atomic E-state index is 10.6. The first kappa shape index (κ1) is 12.6.